The van der Waals surface area contributed by atoms with Crippen molar-refractivity contribution >= 4 is 22.9 Å². The first kappa shape index (κ1) is 17.6. The van der Waals surface area contributed by atoms with Crippen LogP contribution >= 0.6 is 11.3 Å². The summed E-state index contributed by atoms with van der Waals surface area (Å²) in [4.78, 5) is 13.1. The van der Waals surface area contributed by atoms with E-state index >= 15 is 0 Å². The number of anilines is 1. The van der Waals surface area contributed by atoms with Crippen LogP contribution in [0.5, 0.6) is 11.5 Å². The van der Waals surface area contributed by atoms with Crippen molar-refractivity contribution in [2.24, 2.45) is 0 Å². The summed E-state index contributed by atoms with van der Waals surface area (Å²) in [6.07, 6.45) is -0.903. The number of rotatable bonds is 4. The van der Waals surface area contributed by atoms with Crippen molar-refractivity contribution in [1.29, 1.82) is 0 Å². The third kappa shape index (κ3) is 3.67. The van der Waals surface area contributed by atoms with Gasteiger partial charge in [0, 0.05) is 11.6 Å². The number of benzene rings is 2. The normalized spacial score (nSPS) is 13.9. The summed E-state index contributed by atoms with van der Waals surface area (Å²) >= 11 is 1.36. The molecule has 0 aliphatic carbocycles. The molecular formula is C21H19NO4S. The number of aliphatic hydroxyl groups is 1. The molecule has 0 saturated carbocycles. The molecule has 1 atom stereocenters. The number of amides is 1. The monoisotopic (exact) mass is 381 g/mol. The topological polar surface area (TPSA) is 67.8 Å². The summed E-state index contributed by atoms with van der Waals surface area (Å²) in [5, 5.41) is 15.7. The van der Waals surface area contributed by atoms with E-state index in [2.05, 4.69) is 5.32 Å². The van der Waals surface area contributed by atoms with Gasteiger partial charge in [-0.25, -0.2) is 0 Å². The maximum absolute atomic E-state index is 12.5. The predicted molar refractivity (Wildman–Crippen MR) is 105 cm³/mol. The first-order valence-corrected chi connectivity index (χ1v) is 9.53. The Bertz CT molecular complexity index is 951. The predicted octanol–water partition coefficient (Wildman–Crippen LogP) is 4.16. The minimum atomic E-state index is -0.903. The van der Waals surface area contributed by atoms with Gasteiger partial charge in [0.1, 0.15) is 19.3 Å². The summed E-state index contributed by atoms with van der Waals surface area (Å²) in [5.74, 6) is 0.901. The lowest BCUT2D eigenvalue weighted by molar-refractivity contribution is 0.103. The molecule has 4 rings (SSSR count). The zero-order valence-corrected chi connectivity index (χ0v) is 15.6. The molecule has 2 aromatic carbocycles. The van der Waals surface area contributed by atoms with Gasteiger partial charge in [-0.05, 0) is 30.0 Å². The largest absolute Gasteiger partial charge is 0.486 e. The number of hydrogen-bond donors (Lipinski definition) is 2. The van der Waals surface area contributed by atoms with Crippen molar-refractivity contribution in [2.75, 3.05) is 18.5 Å². The molecule has 1 aliphatic rings. The van der Waals surface area contributed by atoms with Crippen LogP contribution in [0.4, 0.5) is 5.69 Å². The Balaban J connectivity index is 1.73. The Hall–Kier alpha value is -2.83. The molecule has 0 fully saturated rings. The van der Waals surface area contributed by atoms with Crippen LogP contribution in [0, 0.1) is 6.92 Å². The second-order valence-corrected chi connectivity index (χ2v) is 7.28. The van der Waals surface area contributed by atoms with Gasteiger partial charge in [-0.15, -0.1) is 11.3 Å². The number of aryl methyl sites for hydroxylation is 1. The maximum atomic E-state index is 12.5. The highest BCUT2D eigenvalue weighted by atomic mass is 32.1. The molecule has 6 heteroatoms. The first-order chi connectivity index (χ1) is 13.1. The van der Waals surface area contributed by atoms with Crippen LogP contribution in [0.15, 0.2) is 53.9 Å². The Morgan fingerprint density at radius 3 is 2.48 bits per heavy atom. The van der Waals surface area contributed by atoms with Gasteiger partial charge in [0.05, 0.1) is 10.6 Å². The van der Waals surface area contributed by atoms with E-state index in [9.17, 15) is 9.90 Å². The number of carbonyl (C=O) groups excluding carboxylic acids is 1. The summed E-state index contributed by atoms with van der Waals surface area (Å²) in [6.45, 7) is 2.89. The van der Waals surface area contributed by atoms with Crippen LogP contribution in [0.2, 0.25) is 0 Å². The molecule has 0 radical (unpaired) electrons. The molecule has 5 nitrogen and oxygen atoms in total. The fourth-order valence-electron chi connectivity index (χ4n) is 2.96. The highest BCUT2D eigenvalue weighted by Crippen LogP contribution is 2.40. The number of fused-ring (bicyclic) bond motifs is 1. The second-order valence-electron chi connectivity index (χ2n) is 6.33. The average molecular weight is 381 g/mol. The van der Waals surface area contributed by atoms with Crippen molar-refractivity contribution in [3.8, 4) is 11.5 Å². The Morgan fingerprint density at radius 1 is 1.11 bits per heavy atom. The van der Waals surface area contributed by atoms with E-state index in [0.29, 0.717) is 40.8 Å². The van der Waals surface area contributed by atoms with E-state index in [-0.39, 0.29) is 5.91 Å². The van der Waals surface area contributed by atoms with E-state index in [0.717, 1.165) is 11.1 Å². The maximum Gasteiger partial charge on any atom is 0.265 e. The average Bonchev–Trinajstić information content (AvgIpc) is 3.22. The van der Waals surface area contributed by atoms with E-state index < -0.39 is 6.10 Å². The lowest BCUT2D eigenvalue weighted by Gasteiger charge is -2.23. The van der Waals surface area contributed by atoms with Gasteiger partial charge < -0.3 is 19.9 Å². The summed E-state index contributed by atoms with van der Waals surface area (Å²) in [7, 11) is 0. The highest BCUT2D eigenvalue weighted by Gasteiger charge is 2.22. The SMILES string of the molecule is Cc1ccc([C@H](O)c2cc3c(cc2NC(=O)c2cccs2)OCCO3)cc1. The number of ether oxygens (including phenoxy) is 2. The third-order valence-electron chi connectivity index (χ3n) is 4.40. The van der Waals surface area contributed by atoms with Crippen molar-refractivity contribution in [3.05, 3.63) is 75.5 Å². The first-order valence-electron chi connectivity index (χ1n) is 8.65. The van der Waals surface area contributed by atoms with Crippen LogP contribution in [-0.2, 0) is 0 Å². The van der Waals surface area contributed by atoms with Crippen LogP contribution in [-0.4, -0.2) is 24.2 Å². The zero-order chi connectivity index (χ0) is 18.8. The number of carbonyl (C=O) groups is 1. The van der Waals surface area contributed by atoms with Gasteiger partial charge >= 0.3 is 0 Å². The van der Waals surface area contributed by atoms with Crippen LogP contribution in [0.25, 0.3) is 0 Å². The van der Waals surface area contributed by atoms with E-state index in [4.69, 9.17) is 9.47 Å². The third-order valence-corrected chi connectivity index (χ3v) is 5.26. The molecule has 0 spiro atoms. The Morgan fingerprint density at radius 2 is 1.81 bits per heavy atom. The standard InChI is InChI=1S/C21H19NO4S/c1-13-4-6-14(7-5-13)20(23)15-11-17-18(26-9-8-25-17)12-16(15)22-21(24)19-3-2-10-27-19/h2-7,10-12,20,23H,8-9H2,1H3,(H,22,24)/t20-/m0/s1. The Labute approximate surface area is 161 Å². The lowest BCUT2D eigenvalue weighted by atomic mass is 9.98. The van der Waals surface area contributed by atoms with Gasteiger partial charge in [0.25, 0.3) is 5.91 Å². The van der Waals surface area contributed by atoms with E-state index in [1.807, 2.05) is 42.6 Å². The fraction of sp³-hybridized carbons (Fsp3) is 0.190. The molecule has 2 N–H and O–H groups in total. The number of aliphatic hydroxyl groups excluding tert-OH is 1. The van der Waals surface area contributed by atoms with Crippen LogP contribution in [0.1, 0.15) is 32.5 Å². The molecule has 1 aliphatic heterocycles. The Kier molecular flexibility index (Phi) is 4.83. The summed E-state index contributed by atoms with van der Waals surface area (Å²) in [6, 6.07) is 14.7. The van der Waals surface area contributed by atoms with E-state index in [1.54, 1.807) is 18.2 Å². The smallest absolute Gasteiger partial charge is 0.265 e. The van der Waals surface area contributed by atoms with Gasteiger partial charge in [-0.2, -0.15) is 0 Å². The van der Waals surface area contributed by atoms with Gasteiger partial charge in [-0.3, -0.25) is 4.79 Å². The quantitative estimate of drug-likeness (QED) is 0.712. The molecule has 27 heavy (non-hydrogen) atoms. The van der Waals surface area contributed by atoms with Gasteiger partial charge in [-0.1, -0.05) is 35.9 Å². The number of thiophene rings is 1. The summed E-state index contributed by atoms with van der Waals surface area (Å²) < 4.78 is 11.3. The number of hydrogen-bond acceptors (Lipinski definition) is 5. The minimum Gasteiger partial charge on any atom is -0.486 e. The van der Waals surface area contributed by atoms with Gasteiger partial charge in [0.15, 0.2) is 11.5 Å². The molecule has 1 aromatic heterocycles. The fourth-order valence-corrected chi connectivity index (χ4v) is 3.58. The van der Waals surface area contributed by atoms with Crippen molar-refractivity contribution in [3.63, 3.8) is 0 Å². The van der Waals surface area contributed by atoms with Crippen molar-refractivity contribution in [2.45, 2.75) is 13.0 Å². The van der Waals surface area contributed by atoms with Crippen LogP contribution in [0.3, 0.4) is 0 Å². The molecule has 3 aromatic rings. The molecule has 138 valence electrons. The molecule has 0 unspecified atom stereocenters. The highest BCUT2D eigenvalue weighted by molar-refractivity contribution is 7.12. The minimum absolute atomic E-state index is 0.223. The molecule has 0 saturated heterocycles. The lowest BCUT2D eigenvalue weighted by Crippen LogP contribution is -2.18. The molecule has 2 heterocycles. The van der Waals surface area contributed by atoms with Crippen molar-refractivity contribution < 1.29 is 19.4 Å². The molecule has 0 bridgehead atoms. The second kappa shape index (κ2) is 7.42. The van der Waals surface area contributed by atoms with Crippen molar-refractivity contribution in [1.82, 2.24) is 0 Å². The van der Waals surface area contributed by atoms with Crippen LogP contribution < -0.4 is 14.8 Å². The number of nitrogens with one attached hydrogen (secondary N) is 1. The van der Waals surface area contributed by atoms with E-state index in [1.165, 1.54) is 11.3 Å². The van der Waals surface area contributed by atoms with Gasteiger partial charge in [0.2, 0.25) is 0 Å². The summed E-state index contributed by atoms with van der Waals surface area (Å²) in [5.41, 5.74) is 2.92. The molecular weight excluding hydrogens is 362 g/mol. The molecule has 1 amide bonds. The zero-order valence-electron chi connectivity index (χ0n) is 14.8.